The summed E-state index contributed by atoms with van der Waals surface area (Å²) in [6, 6.07) is 0. The molecule has 1 aliphatic heterocycles. The third-order valence-corrected chi connectivity index (χ3v) is 4.30. The Labute approximate surface area is 93.9 Å². The van der Waals surface area contributed by atoms with Gasteiger partial charge in [-0.25, -0.2) is 8.42 Å². The molecule has 1 amide bonds. The van der Waals surface area contributed by atoms with Crippen LogP contribution in [-0.4, -0.2) is 43.5 Å². The van der Waals surface area contributed by atoms with Crippen LogP contribution in [0.15, 0.2) is 0 Å². The Morgan fingerprint density at radius 1 is 1.38 bits per heavy atom. The molecule has 0 spiro atoms. The second-order valence-corrected chi connectivity index (χ2v) is 6.20. The highest BCUT2D eigenvalue weighted by atomic mass is 32.2. The molecule has 16 heavy (non-hydrogen) atoms. The first-order chi connectivity index (χ1) is 7.39. The number of nitrogens with one attached hydrogen (secondary N) is 1. The molecule has 6 nitrogen and oxygen atoms in total. The summed E-state index contributed by atoms with van der Waals surface area (Å²) in [4.78, 5) is 21.5. The highest BCUT2D eigenvalue weighted by molar-refractivity contribution is 7.91. The quantitative estimate of drug-likeness (QED) is 0.677. The monoisotopic (exact) mass is 249 g/mol. The van der Waals surface area contributed by atoms with Crippen LogP contribution in [0.4, 0.5) is 0 Å². The van der Waals surface area contributed by atoms with Crippen LogP contribution < -0.4 is 5.32 Å². The van der Waals surface area contributed by atoms with Gasteiger partial charge < -0.3 is 10.4 Å². The van der Waals surface area contributed by atoms with Gasteiger partial charge in [-0.3, -0.25) is 9.59 Å². The predicted octanol–water partition coefficient (Wildman–Crippen LogP) is -0.598. The molecule has 1 atom stereocenters. The average Bonchev–Trinajstić information content (AvgIpc) is 2.44. The Kier molecular flexibility index (Phi) is 4.28. The molecule has 0 bridgehead atoms. The second-order valence-electron chi connectivity index (χ2n) is 3.97. The van der Waals surface area contributed by atoms with Crippen molar-refractivity contribution >= 4 is 21.7 Å². The first kappa shape index (κ1) is 13.0. The second kappa shape index (κ2) is 5.29. The first-order valence-electron chi connectivity index (χ1n) is 5.08. The molecule has 0 aromatic rings. The Morgan fingerprint density at radius 3 is 2.56 bits per heavy atom. The summed E-state index contributed by atoms with van der Waals surface area (Å²) in [7, 11) is -2.95. The lowest BCUT2D eigenvalue weighted by molar-refractivity contribution is -0.136. The van der Waals surface area contributed by atoms with Crippen molar-refractivity contribution in [3.05, 3.63) is 0 Å². The zero-order valence-corrected chi connectivity index (χ0v) is 9.62. The molecule has 1 heterocycles. The lowest BCUT2D eigenvalue weighted by Gasteiger charge is -2.07. The van der Waals surface area contributed by atoms with Crippen LogP contribution in [0, 0.1) is 5.92 Å². The molecular formula is C9H15NO5S. The van der Waals surface area contributed by atoms with E-state index in [1.165, 1.54) is 0 Å². The van der Waals surface area contributed by atoms with Gasteiger partial charge in [-0.15, -0.1) is 0 Å². The van der Waals surface area contributed by atoms with Crippen molar-refractivity contribution < 1.29 is 23.1 Å². The molecule has 2 N–H and O–H groups in total. The molecule has 1 unspecified atom stereocenters. The van der Waals surface area contributed by atoms with E-state index in [0.717, 1.165) is 0 Å². The molecule has 1 aliphatic rings. The third-order valence-electron chi connectivity index (χ3n) is 2.46. The smallest absolute Gasteiger partial charge is 0.305 e. The summed E-state index contributed by atoms with van der Waals surface area (Å²) >= 11 is 0. The summed E-state index contributed by atoms with van der Waals surface area (Å²) in [6.07, 6.45) is 0.572. The van der Waals surface area contributed by atoms with Gasteiger partial charge in [0.25, 0.3) is 0 Å². The van der Waals surface area contributed by atoms with Gasteiger partial charge in [0.15, 0.2) is 9.84 Å². The van der Waals surface area contributed by atoms with Crippen molar-refractivity contribution in [2.75, 3.05) is 18.1 Å². The molecular weight excluding hydrogens is 234 g/mol. The fourth-order valence-electron chi connectivity index (χ4n) is 1.68. The Balaban J connectivity index is 2.23. The van der Waals surface area contributed by atoms with Gasteiger partial charge >= 0.3 is 5.97 Å². The summed E-state index contributed by atoms with van der Waals surface area (Å²) < 4.78 is 22.2. The van der Waals surface area contributed by atoms with Crippen molar-refractivity contribution in [1.29, 1.82) is 0 Å². The fraction of sp³-hybridized carbons (Fsp3) is 0.778. The Morgan fingerprint density at radius 2 is 2.06 bits per heavy atom. The van der Waals surface area contributed by atoms with Gasteiger partial charge in [0.05, 0.1) is 17.9 Å². The van der Waals surface area contributed by atoms with Gasteiger partial charge in [0.1, 0.15) is 0 Å². The fourth-order valence-corrected chi connectivity index (χ4v) is 3.54. The topological polar surface area (TPSA) is 101 Å². The number of rotatable bonds is 5. The van der Waals surface area contributed by atoms with Crippen molar-refractivity contribution in [2.45, 2.75) is 19.3 Å². The maximum Gasteiger partial charge on any atom is 0.305 e. The molecule has 0 radical (unpaired) electrons. The van der Waals surface area contributed by atoms with Crippen LogP contribution in [0.5, 0.6) is 0 Å². The molecule has 0 aromatic carbocycles. The van der Waals surface area contributed by atoms with E-state index < -0.39 is 15.8 Å². The maximum atomic E-state index is 11.3. The molecule has 0 saturated carbocycles. The number of carboxylic acid groups (broad SMARTS) is 1. The van der Waals surface area contributed by atoms with E-state index in [4.69, 9.17) is 5.11 Å². The number of hydrogen-bond donors (Lipinski definition) is 2. The van der Waals surface area contributed by atoms with E-state index in [1.54, 1.807) is 0 Å². The van der Waals surface area contributed by atoms with E-state index in [9.17, 15) is 18.0 Å². The van der Waals surface area contributed by atoms with Crippen LogP contribution in [0.2, 0.25) is 0 Å². The maximum absolute atomic E-state index is 11.3. The summed E-state index contributed by atoms with van der Waals surface area (Å²) in [5, 5.41) is 10.8. The zero-order chi connectivity index (χ0) is 12.2. The van der Waals surface area contributed by atoms with Gasteiger partial charge in [-0.05, 0) is 12.3 Å². The zero-order valence-electron chi connectivity index (χ0n) is 8.81. The van der Waals surface area contributed by atoms with Crippen molar-refractivity contribution in [3.63, 3.8) is 0 Å². The van der Waals surface area contributed by atoms with Crippen LogP contribution in [0.1, 0.15) is 19.3 Å². The minimum atomic E-state index is -2.95. The van der Waals surface area contributed by atoms with E-state index in [0.29, 0.717) is 6.42 Å². The van der Waals surface area contributed by atoms with Gasteiger partial charge in [0, 0.05) is 13.0 Å². The molecule has 92 valence electrons. The summed E-state index contributed by atoms with van der Waals surface area (Å²) in [5.41, 5.74) is 0. The molecule has 0 aromatic heterocycles. The molecule has 7 heteroatoms. The van der Waals surface area contributed by atoms with Gasteiger partial charge in [-0.1, -0.05) is 0 Å². The number of sulfone groups is 1. The number of amides is 1. The lowest BCUT2D eigenvalue weighted by atomic mass is 10.1. The predicted molar refractivity (Wildman–Crippen MR) is 56.6 cm³/mol. The van der Waals surface area contributed by atoms with Gasteiger partial charge in [0.2, 0.25) is 5.91 Å². The van der Waals surface area contributed by atoms with Crippen molar-refractivity contribution in [1.82, 2.24) is 5.32 Å². The molecule has 0 aliphatic carbocycles. The molecule has 1 fully saturated rings. The third kappa shape index (κ3) is 4.61. The van der Waals surface area contributed by atoms with Crippen LogP contribution >= 0.6 is 0 Å². The van der Waals surface area contributed by atoms with E-state index in [2.05, 4.69) is 5.32 Å². The summed E-state index contributed by atoms with van der Waals surface area (Å²) in [5.74, 6) is -1.14. The number of carbonyl (C=O) groups excluding carboxylic acids is 1. The number of carboxylic acids is 1. The summed E-state index contributed by atoms with van der Waals surface area (Å²) in [6.45, 7) is 0.0909. The van der Waals surface area contributed by atoms with Crippen molar-refractivity contribution in [3.8, 4) is 0 Å². The Bertz CT molecular complexity index is 375. The minimum absolute atomic E-state index is 0.0688. The standard InChI is InChI=1S/C9H15NO5S/c11-8(10-3-1-9(12)13)5-7-2-4-16(14,15)6-7/h7H,1-6H2,(H,10,11)(H,12,13). The number of hydrogen-bond acceptors (Lipinski definition) is 4. The number of aliphatic carboxylic acids is 1. The number of carbonyl (C=O) groups is 2. The lowest BCUT2D eigenvalue weighted by Crippen LogP contribution is -2.28. The molecule has 1 rings (SSSR count). The van der Waals surface area contributed by atoms with E-state index in [-0.39, 0.29) is 42.7 Å². The SMILES string of the molecule is O=C(O)CCNC(=O)CC1CCS(=O)(=O)C1. The molecule has 1 saturated heterocycles. The largest absolute Gasteiger partial charge is 0.481 e. The highest BCUT2D eigenvalue weighted by Gasteiger charge is 2.29. The normalized spacial score (nSPS) is 22.9. The highest BCUT2D eigenvalue weighted by Crippen LogP contribution is 2.21. The van der Waals surface area contributed by atoms with Crippen LogP contribution in [0.25, 0.3) is 0 Å². The van der Waals surface area contributed by atoms with E-state index in [1.807, 2.05) is 0 Å². The Hall–Kier alpha value is -1.11. The van der Waals surface area contributed by atoms with Gasteiger partial charge in [-0.2, -0.15) is 0 Å². The first-order valence-corrected chi connectivity index (χ1v) is 6.90. The van der Waals surface area contributed by atoms with Crippen LogP contribution in [-0.2, 0) is 19.4 Å². The average molecular weight is 249 g/mol. The van der Waals surface area contributed by atoms with E-state index >= 15 is 0 Å². The van der Waals surface area contributed by atoms with Crippen LogP contribution in [0.3, 0.4) is 0 Å². The minimum Gasteiger partial charge on any atom is -0.481 e. The van der Waals surface area contributed by atoms with Crippen molar-refractivity contribution in [2.24, 2.45) is 5.92 Å².